The summed E-state index contributed by atoms with van der Waals surface area (Å²) in [4.78, 5) is 14.3. The van der Waals surface area contributed by atoms with Crippen molar-refractivity contribution in [2.75, 3.05) is 20.2 Å². The number of nitrogens with one attached hydrogen (secondary N) is 1. The summed E-state index contributed by atoms with van der Waals surface area (Å²) < 4.78 is 5.30. The van der Waals surface area contributed by atoms with Gasteiger partial charge in [-0.25, -0.2) is 4.79 Å². The fourth-order valence-corrected chi connectivity index (χ4v) is 3.56. The molecular formula is C22H29N3O2. The molecule has 0 radical (unpaired) electrons. The minimum absolute atomic E-state index is 0.0257. The Morgan fingerprint density at radius 2 is 1.81 bits per heavy atom. The Kier molecular flexibility index (Phi) is 6.71. The average molecular weight is 367 g/mol. The minimum Gasteiger partial charge on any atom is -0.497 e. The number of carbonyl (C=O) groups excluding carboxylic acids is 1. The lowest BCUT2D eigenvalue weighted by molar-refractivity contribution is 0.170. The van der Waals surface area contributed by atoms with Gasteiger partial charge in [-0.05, 0) is 54.0 Å². The fourth-order valence-electron chi connectivity index (χ4n) is 3.56. The molecule has 2 amide bonds. The maximum Gasteiger partial charge on any atom is 0.317 e. The van der Waals surface area contributed by atoms with E-state index in [0.29, 0.717) is 19.0 Å². The molecule has 0 bridgehead atoms. The zero-order valence-electron chi connectivity index (χ0n) is 16.0. The Morgan fingerprint density at radius 3 is 2.48 bits per heavy atom. The minimum atomic E-state index is 0.0257. The quantitative estimate of drug-likeness (QED) is 0.823. The summed E-state index contributed by atoms with van der Waals surface area (Å²) in [6.07, 6.45) is 3.12. The van der Waals surface area contributed by atoms with Crippen molar-refractivity contribution in [3.8, 4) is 5.75 Å². The van der Waals surface area contributed by atoms with Gasteiger partial charge in [-0.15, -0.1) is 0 Å². The number of likely N-dealkylation sites (tertiary alicyclic amines) is 1. The van der Waals surface area contributed by atoms with E-state index in [-0.39, 0.29) is 6.03 Å². The molecule has 1 aliphatic rings. The Balaban J connectivity index is 1.43. The second-order valence-electron chi connectivity index (χ2n) is 7.17. The van der Waals surface area contributed by atoms with Crippen molar-refractivity contribution >= 4 is 6.03 Å². The third kappa shape index (κ3) is 5.47. The first-order chi connectivity index (χ1) is 13.2. The molecule has 5 nitrogen and oxygen atoms in total. The molecule has 0 aliphatic carbocycles. The van der Waals surface area contributed by atoms with Crippen LogP contribution in [0.2, 0.25) is 0 Å². The van der Waals surface area contributed by atoms with Crippen molar-refractivity contribution in [2.24, 2.45) is 11.7 Å². The summed E-state index contributed by atoms with van der Waals surface area (Å²) in [5.74, 6) is 1.52. The number of hydrogen-bond acceptors (Lipinski definition) is 3. The Bertz CT molecular complexity index is 737. The van der Waals surface area contributed by atoms with Crippen molar-refractivity contribution in [3.63, 3.8) is 0 Å². The molecule has 5 heteroatoms. The van der Waals surface area contributed by atoms with Gasteiger partial charge in [-0.1, -0.05) is 36.4 Å². The van der Waals surface area contributed by atoms with Crippen LogP contribution in [0.4, 0.5) is 4.79 Å². The SMILES string of the molecule is COc1cccc(CC2CCN(C(=O)NCc3ccc(CN)cc3)CC2)c1. The molecule has 1 fully saturated rings. The van der Waals surface area contributed by atoms with Gasteiger partial charge in [0.2, 0.25) is 0 Å². The number of methoxy groups -OCH3 is 1. The van der Waals surface area contributed by atoms with Crippen molar-refractivity contribution in [3.05, 3.63) is 65.2 Å². The van der Waals surface area contributed by atoms with Gasteiger partial charge in [-0.3, -0.25) is 0 Å². The Hall–Kier alpha value is -2.53. The highest BCUT2D eigenvalue weighted by Crippen LogP contribution is 2.23. The van der Waals surface area contributed by atoms with Crippen LogP contribution in [0.25, 0.3) is 0 Å². The van der Waals surface area contributed by atoms with E-state index >= 15 is 0 Å². The molecule has 2 aromatic carbocycles. The summed E-state index contributed by atoms with van der Waals surface area (Å²) in [7, 11) is 1.70. The van der Waals surface area contributed by atoms with Crippen LogP contribution in [-0.2, 0) is 19.5 Å². The molecule has 0 atom stereocenters. The number of amides is 2. The highest BCUT2D eigenvalue weighted by molar-refractivity contribution is 5.74. The molecule has 144 valence electrons. The highest BCUT2D eigenvalue weighted by Gasteiger charge is 2.22. The number of rotatable bonds is 6. The second kappa shape index (κ2) is 9.42. The standard InChI is InChI=1S/C22H29N3O2/c1-27-21-4-2-3-20(14-21)13-17-9-11-25(12-10-17)22(26)24-16-19-7-5-18(15-23)6-8-19/h2-8,14,17H,9-13,15-16,23H2,1H3,(H,24,26). The molecule has 0 saturated carbocycles. The van der Waals surface area contributed by atoms with Gasteiger partial charge in [-0.2, -0.15) is 0 Å². The van der Waals surface area contributed by atoms with Crippen molar-refractivity contribution in [1.82, 2.24) is 10.2 Å². The van der Waals surface area contributed by atoms with Crippen LogP contribution < -0.4 is 15.8 Å². The van der Waals surface area contributed by atoms with Gasteiger partial charge in [0.1, 0.15) is 5.75 Å². The summed E-state index contributed by atoms with van der Waals surface area (Å²) >= 11 is 0. The zero-order chi connectivity index (χ0) is 19.1. The van der Waals surface area contributed by atoms with Crippen molar-refractivity contribution in [1.29, 1.82) is 0 Å². The van der Waals surface area contributed by atoms with Crippen molar-refractivity contribution < 1.29 is 9.53 Å². The normalized spacial score (nSPS) is 14.8. The largest absolute Gasteiger partial charge is 0.497 e. The third-order valence-electron chi connectivity index (χ3n) is 5.26. The van der Waals surface area contributed by atoms with E-state index in [1.807, 2.05) is 41.3 Å². The maximum absolute atomic E-state index is 12.4. The van der Waals surface area contributed by atoms with Crippen LogP contribution in [-0.4, -0.2) is 31.1 Å². The zero-order valence-corrected chi connectivity index (χ0v) is 16.0. The molecule has 0 aromatic heterocycles. The molecule has 0 unspecified atom stereocenters. The predicted octanol–water partition coefficient (Wildman–Crippen LogP) is 3.32. The van der Waals surface area contributed by atoms with Crippen LogP contribution in [0.15, 0.2) is 48.5 Å². The lowest BCUT2D eigenvalue weighted by atomic mass is 9.90. The fraction of sp³-hybridized carbons (Fsp3) is 0.409. The molecular weight excluding hydrogens is 338 g/mol. The number of piperidine rings is 1. The number of nitrogens with zero attached hydrogens (tertiary/aromatic N) is 1. The van der Waals surface area contributed by atoms with Crippen molar-refractivity contribution in [2.45, 2.75) is 32.4 Å². The third-order valence-corrected chi connectivity index (χ3v) is 5.26. The molecule has 2 aromatic rings. The van der Waals surface area contributed by atoms with E-state index in [1.165, 1.54) is 5.56 Å². The smallest absolute Gasteiger partial charge is 0.317 e. The van der Waals surface area contributed by atoms with Crippen LogP contribution in [0.1, 0.15) is 29.5 Å². The first-order valence-corrected chi connectivity index (χ1v) is 9.61. The number of urea groups is 1. The van der Waals surface area contributed by atoms with E-state index in [2.05, 4.69) is 17.4 Å². The van der Waals surface area contributed by atoms with Gasteiger partial charge in [0.05, 0.1) is 7.11 Å². The Labute approximate surface area is 161 Å². The van der Waals surface area contributed by atoms with Crippen LogP contribution >= 0.6 is 0 Å². The molecule has 3 rings (SSSR count). The van der Waals surface area contributed by atoms with E-state index in [4.69, 9.17) is 10.5 Å². The lowest BCUT2D eigenvalue weighted by Crippen LogP contribution is -2.44. The van der Waals surface area contributed by atoms with Gasteiger partial charge < -0.3 is 20.7 Å². The molecule has 1 heterocycles. The van der Waals surface area contributed by atoms with Crippen LogP contribution in [0.5, 0.6) is 5.75 Å². The molecule has 0 spiro atoms. The lowest BCUT2D eigenvalue weighted by Gasteiger charge is -2.32. The van der Waals surface area contributed by atoms with E-state index in [1.54, 1.807) is 7.11 Å². The van der Waals surface area contributed by atoms with Crippen LogP contribution in [0.3, 0.4) is 0 Å². The number of hydrogen-bond donors (Lipinski definition) is 2. The number of benzene rings is 2. The van der Waals surface area contributed by atoms with Gasteiger partial charge in [0.15, 0.2) is 0 Å². The molecule has 1 saturated heterocycles. The van der Waals surface area contributed by atoms with Gasteiger partial charge in [0, 0.05) is 26.2 Å². The van der Waals surface area contributed by atoms with E-state index in [9.17, 15) is 4.79 Å². The highest BCUT2D eigenvalue weighted by atomic mass is 16.5. The number of carbonyl (C=O) groups is 1. The monoisotopic (exact) mass is 367 g/mol. The van der Waals surface area contributed by atoms with Crippen LogP contribution in [0, 0.1) is 5.92 Å². The topological polar surface area (TPSA) is 67.6 Å². The first kappa shape index (κ1) is 19.2. The summed E-state index contributed by atoms with van der Waals surface area (Å²) in [6, 6.07) is 16.3. The first-order valence-electron chi connectivity index (χ1n) is 9.61. The molecule has 27 heavy (non-hydrogen) atoms. The summed E-state index contributed by atoms with van der Waals surface area (Å²) in [6.45, 7) is 2.71. The Morgan fingerprint density at radius 1 is 1.11 bits per heavy atom. The second-order valence-corrected chi connectivity index (χ2v) is 7.17. The van der Waals surface area contributed by atoms with E-state index < -0.39 is 0 Å². The molecule has 1 aliphatic heterocycles. The van der Waals surface area contributed by atoms with E-state index in [0.717, 1.165) is 49.2 Å². The van der Waals surface area contributed by atoms with Gasteiger partial charge in [0.25, 0.3) is 0 Å². The predicted molar refractivity (Wildman–Crippen MR) is 108 cm³/mol. The maximum atomic E-state index is 12.4. The summed E-state index contributed by atoms with van der Waals surface area (Å²) in [5, 5.41) is 3.02. The average Bonchev–Trinajstić information content (AvgIpc) is 2.73. The number of nitrogens with two attached hydrogens (primary N) is 1. The molecule has 3 N–H and O–H groups in total. The summed E-state index contributed by atoms with van der Waals surface area (Å²) in [5.41, 5.74) is 9.11. The number of ether oxygens (including phenoxy) is 1. The van der Waals surface area contributed by atoms with Gasteiger partial charge >= 0.3 is 6.03 Å².